The van der Waals surface area contributed by atoms with Gasteiger partial charge in [-0.05, 0) is 116 Å². The number of rotatable bonds is 6. The van der Waals surface area contributed by atoms with Crippen LogP contribution in [0.4, 0.5) is 17.1 Å². The van der Waals surface area contributed by atoms with Gasteiger partial charge in [0, 0.05) is 33.8 Å². The first-order valence-electron chi connectivity index (χ1n) is 18.8. The summed E-state index contributed by atoms with van der Waals surface area (Å²) < 4.78 is 6.31. The van der Waals surface area contributed by atoms with Crippen molar-refractivity contribution in [1.29, 1.82) is 0 Å². The predicted octanol–water partition coefficient (Wildman–Crippen LogP) is 15.0. The van der Waals surface area contributed by atoms with E-state index in [-0.39, 0.29) is 0 Å². The Balaban J connectivity index is 0.000000240. The minimum atomic E-state index is 0.880. The Labute approximate surface area is 313 Å². The summed E-state index contributed by atoms with van der Waals surface area (Å²) in [5.41, 5.74) is 17.1. The Morgan fingerprint density at radius 1 is 0.453 bits per heavy atom. The lowest BCUT2D eigenvalue weighted by Gasteiger charge is -2.28. The fraction of sp³-hybridized carbons (Fsp3) is 0.137. The Bertz CT molecular complexity index is 2540. The molecule has 53 heavy (non-hydrogen) atoms. The normalized spacial score (nSPS) is 12.8. The van der Waals surface area contributed by atoms with Crippen LogP contribution in [0.1, 0.15) is 49.3 Å². The highest BCUT2D eigenvalue weighted by atomic mass is 16.3. The standard InChI is InChI=1S/C37H27NO.C14H18/c1-26-18-20-27(21-19-26)29-12-9-13-30(24-29)38(35-16-7-5-14-32(35)28-10-3-2-4-11-28)31-22-23-34-33-15-6-8-17-36(33)39-37(34)25-31;1-11-7-3-5-9-13(11)14-10-6-4-8-12(14)2/h2-25H,1H3;3,5,7,9H,4,6,8,10H2,1-2H3. The number of anilines is 3. The van der Waals surface area contributed by atoms with Crippen LogP contribution < -0.4 is 4.90 Å². The van der Waals surface area contributed by atoms with E-state index in [4.69, 9.17) is 4.42 Å². The number of hydrogen-bond acceptors (Lipinski definition) is 2. The van der Waals surface area contributed by atoms with Crippen molar-refractivity contribution < 1.29 is 4.42 Å². The largest absolute Gasteiger partial charge is 0.456 e. The number of para-hydroxylation sites is 2. The minimum absolute atomic E-state index is 0.880. The van der Waals surface area contributed by atoms with E-state index in [2.05, 4.69) is 183 Å². The molecule has 1 heterocycles. The summed E-state index contributed by atoms with van der Waals surface area (Å²) in [7, 11) is 0. The molecule has 9 rings (SSSR count). The molecule has 0 N–H and O–H groups in total. The molecule has 0 unspecified atom stereocenters. The summed E-state index contributed by atoms with van der Waals surface area (Å²) in [6.45, 7) is 6.63. The van der Waals surface area contributed by atoms with Crippen LogP contribution in [0.5, 0.6) is 0 Å². The van der Waals surface area contributed by atoms with Gasteiger partial charge in [0.15, 0.2) is 0 Å². The van der Waals surface area contributed by atoms with Gasteiger partial charge in [0.25, 0.3) is 0 Å². The lowest BCUT2D eigenvalue weighted by Crippen LogP contribution is -2.11. The van der Waals surface area contributed by atoms with E-state index in [1.807, 2.05) is 12.1 Å². The summed E-state index contributed by atoms with van der Waals surface area (Å²) in [5.74, 6) is 0. The SMILES string of the molecule is CC1=C(c2ccccc2C)CCCC1.Cc1ccc(-c2cccc(N(c3ccc4c(c3)oc3ccccc34)c3ccccc3-c3ccccc3)c2)cc1. The van der Waals surface area contributed by atoms with Gasteiger partial charge in [0.2, 0.25) is 0 Å². The minimum Gasteiger partial charge on any atom is -0.456 e. The molecule has 0 amide bonds. The third-order valence-corrected chi connectivity index (χ3v) is 10.6. The lowest BCUT2D eigenvalue weighted by atomic mass is 9.86. The van der Waals surface area contributed by atoms with Gasteiger partial charge in [-0.15, -0.1) is 0 Å². The monoisotopic (exact) mass is 687 g/mol. The fourth-order valence-corrected chi connectivity index (χ4v) is 7.71. The number of aryl methyl sites for hydroxylation is 2. The highest BCUT2D eigenvalue weighted by molar-refractivity contribution is 6.06. The van der Waals surface area contributed by atoms with Gasteiger partial charge >= 0.3 is 0 Å². The molecule has 1 aromatic heterocycles. The number of benzene rings is 7. The second-order valence-electron chi connectivity index (χ2n) is 14.2. The van der Waals surface area contributed by atoms with E-state index in [9.17, 15) is 0 Å². The predicted molar refractivity (Wildman–Crippen MR) is 226 cm³/mol. The molecule has 0 atom stereocenters. The van der Waals surface area contributed by atoms with Crippen molar-refractivity contribution >= 4 is 44.6 Å². The molecule has 0 saturated heterocycles. The van der Waals surface area contributed by atoms with Gasteiger partial charge in [-0.1, -0.05) is 139 Å². The van der Waals surface area contributed by atoms with Crippen molar-refractivity contribution in [3.63, 3.8) is 0 Å². The first-order valence-corrected chi connectivity index (χ1v) is 18.8. The molecule has 2 nitrogen and oxygen atoms in total. The fourth-order valence-electron chi connectivity index (χ4n) is 7.71. The van der Waals surface area contributed by atoms with Gasteiger partial charge in [-0.3, -0.25) is 0 Å². The molecule has 2 heteroatoms. The second kappa shape index (κ2) is 15.2. The lowest BCUT2D eigenvalue weighted by molar-refractivity contribution is 0.669. The summed E-state index contributed by atoms with van der Waals surface area (Å²) in [5, 5.41) is 2.26. The van der Waals surface area contributed by atoms with Crippen molar-refractivity contribution in [2.45, 2.75) is 46.5 Å². The van der Waals surface area contributed by atoms with Gasteiger partial charge in [0.05, 0.1) is 5.69 Å². The molecular formula is C51H45NO. The molecule has 0 bridgehead atoms. The van der Waals surface area contributed by atoms with Crippen molar-refractivity contribution in [3.8, 4) is 22.3 Å². The number of nitrogens with zero attached hydrogens (tertiary/aromatic N) is 1. The molecule has 0 saturated carbocycles. The first kappa shape index (κ1) is 34.0. The Hall–Kier alpha value is -6.12. The number of hydrogen-bond donors (Lipinski definition) is 0. The van der Waals surface area contributed by atoms with E-state index in [0.29, 0.717) is 0 Å². The van der Waals surface area contributed by atoms with Crippen molar-refractivity contribution in [1.82, 2.24) is 0 Å². The molecule has 8 aromatic rings. The first-order chi connectivity index (χ1) is 26.0. The van der Waals surface area contributed by atoms with Crippen molar-refractivity contribution in [2.75, 3.05) is 4.90 Å². The highest BCUT2D eigenvalue weighted by Gasteiger charge is 2.19. The average molecular weight is 688 g/mol. The number of allylic oxidation sites excluding steroid dienone is 2. The third-order valence-electron chi connectivity index (χ3n) is 10.6. The second-order valence-corrected chi connectivity index (χ2v) is 14.2. The molecule has 0 spiro atoms. The zero-order chi connectivity index (χ0) is 36.1. The molecule has 1 aliphatic rings. The number of furan rings is 1. The van der Waals surface area contributed by atoms with Crippen LogP contribution in [0.15, 0.2) is 180 Å². The molecule has 0 radical (unpaired) electrons. The van der Waals surface area contributed by atoms with Crippen LogP contribution in [0, 0.1) is 13.8 Å². The maximum Gasteiger partial charge on any atom is 0.137 e. The molecular weight excluding hydrogens is 643 g/mol. The van der Waals surface area contributed by atoms with Crippen LogP contribution in [-0.2, 0) is 0 Å². The number of fused-ring (bicyclic) bond motifs is 3. The topological polar surface area (TPSA) is 16.4 Å². The Morgan fingerprint density at radius 3 is 1.92 bits per heavy atom. The van der Waals surface area contributed by atoms with Crippen molar-refractivity contribution in [2.24, 2.45) is 0 Å². The van der Waals surface area contributed by atoms with E-state index in [0.717, 1.165) is 39.0 Å². The van der Waals surface area contributed by atoms with Crippen LogP contribution in [0.25, 0.3) is 49.8 Å². The Kier molecular flexibility index (Phi) is 9.77. The maximum absolute atomic E-state index is 6.31. The van der Waals surface area contributed by atoms with Crippen LogP contribution in [-0.4, -0.2) is 0 Å². The van der Waals surface area contributed by atoms with Crippen LogP contribution in [0.2, 0.25) is 0 Å². The average Bonchev–Trinajstić information content (AvgIpc) is 3.58. The molecule has 0 fully saturated rings. The summed E-state index contributed by atoms with van der Waals surface area (Å²) >= 11 is 0. The summed E-state index contributed by atoms with van der Waals surface area (Å²) in [6.07, 6.45) is 5.31. The zero-order valence-electron chi connectivity index (χ0n) is 30.8. The highest BCUT2D eigenvalue weighted by Crippen LogP contribution is 2.43. The van der Waals surface area contributed by atoms with Gasteiger partial charge in [-0.25, -0.2) is 0 Å². The zero-order valence-corrected chi connectivity index (χ0v) is 30.8. The maximum atomic E-state index is 6.31. The van der Waals surface area contributed by atoms with Gasteiger partial charge in [-0.2, -0.15) is 0 Å². The van der Waals surface area contributed by atoms with E-state index >= 15 is 0 Å². The quantitative estimate of drug-likeness (QED) is 0.173. The molecule has 260 valence electrons. The van der Waals surface area contributed by atoms with E-state index < -0.39 is 0 Å². The van der Waals surface area contributed by atoms with Crippen LogP contribution in [0.3, 0.4) is 0 Å². The van der Waals surface area contributed by atoms with Crippen molar-refractivity contribution in [3.05, 3.63) is 192 Å². The van der Waals surface area contributed by atoms with E-state index in [1.165, 1.54) is 64.6 Å². The molecule has 7 aromatic carbocycles. The van der Waals surface area contributed by atoms with Crippen LogP contribution >= 0.6 is 0 Å². The van der Waals surface area contributed by atoms with Gasteiger partial charge in [0.1, 0.15) is 11.2 Å². The molecule has 0 aliphatic heterocycles. The summed E-state index contributed by atoms with van der Waals surface area (Å²) in [6, 6.07) is 60.2. The third kappa shape index (κ3) is 7.19. The van der Waals surface area contributed by atoms with Gasteiger partial charge < -0.3 is 9.32 Å². The summed E-state index contributed by atoms with van der Waals surface area (Å²) in [4.78, 5) is 2.34. The van der Waals surface area contributed by atoms with E-state index in [1.54, 1.807) is 11.1 Å². The smallest absolute Gasteiger partial charge is 0.137 e. The molecule has 1 aliphatic carbocycles. The Morgan fingerprint density at radius 2 is 1.11 bits per heavy atom.